The predicted octanol–water partition coefficient (Wildman–Crippen LogP) is 7.26. The van der Waals surface area contributed by atoms with Gasteiger partial charge in [-0.15, -0.1) is 0 Å². The first kappa shape index (κ1) is 40.3. The minimum atomic E-state index is -4.41. The van der Waals surface area contributed by atoms with E-state index >= 15 is 0 Å². The Morgan fingerprint density at radius 3 is 1.15 bits per heavy atom. The summed E-state index contributed by atoms with van der Waals surface area (Å²) in [6, 6.07) is 42.7. The van der Waals surface area contributed by atoms with E-state index in [0.29, 0.717) is 67.7 Å². The van der Waals surface area contributed by atoms with Crippen LogP contribution >= 0.6 is 0 Å². The van der Waals surface area contributed by atoms with Crippen LogP contribution in [0.5, 0.6) is 11.5 Å². The molecule has 0 aromatic heterocycles. The quantitative estimate of drug-likeness (QED) is 0.0719. The van der Waals surface area contributed by atoms with Gasteiger partial charge in [-0.05, 0) is 96.1 Å². The van der Waals surface area contributed by atoms with Crippen molar-refractivity contribution < 1.29 is 45.0 Å². The summed E-state index contributed by atoms with van der Waals surface area (Å²) in [5.74, 6) is 0.149. The van der Waals surface area contributed by atoms with Crippen LogP contribution in [-0.2, 0) is 29.8 Å². The number of anilines is 2. The second kappa shape index (κ2) is 16.6. The summed E-state index contributed by atoms with van der Waals surface area (Å²) in [7, 11) is -8.83. The molecule has 2 N–H and O–H groups in total. The molecule has 14 nitrogen and oxygen atoms in total. The van der Waals surface area contributed by atoms with Crippen LogP contribution in [0.15, 0.2) is 189 Å². The van der Waals surface area contributed by atoms with Crippen LogP contribution in [0.4, 0.5) is 11.4 Å². The Kier molecular flexibility index (Phi) is 11.0. The zero-order valence-electron chi connectivity index (χ0n) is 31.6. The van der Waals surface area contributed by atoms with Gasteiger partial charge < -0.3 is 9.47 Å². The molecule has 6 aromatic carbocycles. The molecule has 304 valence electrons. The van der Waals surface area contributed by atoms with E-state index in [0.717, 1.165) is 0 Å². The molecule has 0 bridgehead atoms. The number of rotatable bonds is 12. The third kappa shape index (κ3) is 8.92. The fourth-order valence-electron chi connectivity index (χ4n) is 6.40. The molecule has 0 atom stereocenters. The van der Waals surface area contributed by atoms with Gasteiger partial charge in [0, 0.05) is 11.1 Å². The highest BCUT2D eigenvalue weighted by Crippen LogP contribution is 2.31. The average molecular weight is 853 g/mol. The largest absolute Gasteiger partial charge is 0.458 e. The molecule has 8 rings (SSSR count). The van der Waals surface area contributed by atoms with Gasteiger partial charge in [0.25, 0.3) is 32.1 Å². The molecule has 0 saturated heterocycles. The molecule has 61 heavy (non-hydrogen) atoms. The van der Waals surface area contributed by atoms with Gasteiger partial charge in [0.2, 0.25) is 6.79 Å². The number of hydrogen-bond acceptors (Lipinski definition) is 10. The molecule has 2 amide bonds. The normalized spacial score (nSPS) is 15.6. The van der Waals surface area contributed by atoms with Crippen molar-refractivity contribution >= 4 is 67.0 Å². The molecule has 0 saturated carbocycles. The SMILES string of the molecule is O=C1C(=Cc2ccc(OCOc3ccc(C=C4C(=O)N(c5ccc(S(=O)(=O)O)cc5)N=C4c4ccccc4)cc3)cc2)C(c2ccccc2)=NN1c1ccc(S(=O)(=O)O)cc1. The summed E-state index contributed by atoms with van der Waals surface area (Å²) in [6.07, 6.45) is 3.40. The Morgan fingerprint density at radius 1 is 0.475 bits per heavy atom. The maximum absolute atomic E-state index is 13.7. The van der Waals surface area contributed by atoms with Crippen molar-refractivity contribution in [1.82, 2.24) is 0 Å². The molecule has 0 radical (unpaired) electrons. The monoisotopic (exact) mass is 852 g/mol. The number of benzene rings is 6. The maximum atomic E-state index is 13.7. The molecular weight excluding hydrogens is 821 g/mol. The minimum Gasteiger partial charge on any atom is -0.458 e. The summed E-state index contributed by atoms with van der Waals surface area (Å²) < 4.78 is 76.5. The van der Waals surface area contributed by atoms with Gasteiger partial charge in [-0.3, -0.25) is 18.7 Å². The van der Waals surface area contributed by atoms with Gasteiger partial charge in [-0.2, -0.15) is 37.1 Å². The molecule has 6 aromatic rings. The van der Waals surface area contributed by atoms with Gasteiger partial charge in [0.1, 0.15) is 22.9 Å². The first-order valence-corrected chi connectivity index (χ1v) is 21.2. The number of hydrazone groups is 2. The van der Waals surface area contributed by atoms with Crippen molar-refractivity contribution in [3.8, 4) is 11.5 Å². The summed E-state index contributed by atoms with van der Waals surface area (Å²) in [6.45, 7) is -0.121. The Labute approximate surface area is 350 Å². The van der Waals surface area contributed by atoms with Crippen molar-refractivity contribution in [3.05, 3.63) is 191 Å². The summed E-state index contributed by atoms with van der Waals surface area (Å²) in [5.41, 5.74) is 4.89. The number of nitrogens with zero attached hydrogens (tertiary/aromatic N) is 4. The third-order valence-corrected chi connectivity index (χ3v) is 11.2. The van der Waals surface area contributed by atoms with E-state index in [1.807, 2.05) is 60.7 Å². The van der Waals surface area contributed by atoms with Gasteiger partial charge in [-0.1, -0.05) is 84.9 Å². The molecule has 2 aliphatic heterocycles. The lowest BCUT2D eigenvalue weighted by Gasteiger charge is -2.12. The second-order valence-corrected chi connectivity index (χ2v) is 16.3. The average Bonchev–Trinajstić information content (AvgIpc) is 3.77. The van der Waals surface area contributed by atoms with Crippen molar-refractivity contribution in [2.45, 2.75) is 9.79 Å². The molecule has 0 spiro atoms. The summed E-state index contributed by atoms with van der Waals surface area (Å²) in [5, 5.41) is 11.5. The highest BCUT2D eigenvalue weighted by Gasteiger charge is 2.33. The highest BCUT2D eigenvalue weighted by molar-refractivity contribution is 7.86. The summed E-state index contributed by atoms with van der Waals surface area (Å²) in [4.78, 5) is 26.8. The second-order valence-electron chi connectivity index (χ2n) is 13.5. The predicted molar refractivity (Wildman–Crippen MR) is 228 cm³/mol. The van der Waals surface area contributed by atoms with Crippen molar-refractivity contribution in [2.75, 3.05) is 16.8 Å². The molecule has 16 heteroatoms. The Hall–Kier alpha value is -7.50. The van der Waals surface area contributed by atoms with Crippen LogP contribution in [0.25, 0.3) is 12.2 Å². The Morgan fingerprint density at radius 2 is 0.820 bits per heavy atom. The number of amides is 2. The fraction of sp³-hybridized carbons (Fsp3) is 0.0222. The van der Waals surface area contributed by atoms with E-state index < -0.39 is 32.1 Å². The highest BCUT2D eigenvalue weighted by atomic mass is 32.2. The number of hydrogen-bond donors (Lipinski definition) is 2. The topological polar surface area (TPSA) is 193 Å². The van der Waals surface area contributed by atoms with E-state index in [-0.39, 0.29) is 16.6 Å². The lowest BCUT2D eigenvalue weighted by molar-refractivity contribution is -0.115. The molecule has 0 aliphatic carbocycles. The fourth-order valence-corrected chi connectivity index (χ4v) is 7.36. The zero-order chi connectivity index (χ0) is 42.7. The Bertz CT molecular complexity index is 2780. The lowest BCUT2D eigenvalue weighted by Crippen LogP contribution is -2.21. The van der Waals surface area contributed by atoms with Crippen LogP contribution in [0, 0.1) is 0 Å². The van der Waals surface area contributed by atoms with Crippen LogP contribution in [0.2, 0.25) is 0 Å². The minimum absolute atomic E-state index is 0.121. The van der Waals surface area contributed by atoms with Gasteiger partial charge >= 0.3 is 0 Å². The molecular formula is C45H32N4O10S2. The molecule has 0 unspecified atom stereocenters. The molecule has 0 fully saturated rings. The van der Waals surface area contributed by atoms with Crippen molar-refractivity contribution in [3.63, 3.8) is 0 Å². The van der Waals surface area contributed by atoms with Crippen LogP contribution in [-0.4, -0.2) is 56.0 Å². The van der Waals surface area contributed by atoms with Gasteiger partial charge in [0.05, 0.1) is 32.3 Å². The van der Waals surface area contributed by atoms with Gasteiger partial charge in [0.15, 0.2) is 0 Å². The van der Waals surface area contributed by atoms with E-state index in [9.17, 15) is 35.5 Å². The van der Waals surface area contributed by atoms with Crippen LogP contribution in [0.3, 0.4) is 0 Å². The van der Waals surface area contributed by atoms with Crippen molar-refractivity contribution in [2.24, 2.45) is 10.2 Å². The number of carbonyl (C=O) groups is 2. The van der Waals surface area contributed by atoms with Gasteiger partial charge in [-0.25, -0.2) is 0 Å². The zero-order valence-corrected chi connectivity index (χ0v) is 33.3. The standard InChI is InChI=1S/C45H32N4O10S2/c50-44-40(42(32-7-3-1-4-8-32)46-48(44)34-15-23-38(24-16-34)60(52,53)54)27-30-11-19-36(20-12-30)58-29-59-37-21-13-31(14-22-37)28-41-43(33-9-5-2-6-10-33)47-49(45(41)51)35-17-25-39(26-18-35)61(55,56)57/h1-28H,29H2,(H,52,53,54)(H,55,56,57). The van der Waals surface area contributed by atoms with E-state index in [2.05, 4.69) is 10.2 Å². The first-order valence-electron chi connectivity index (χ1n) is 18.3. The summed E-state index contributed by atoms with van der Waals surface area (Å²) >= 11 is 0. The van der Waals surface area contributed by atoms with E-state index in [1.165, 1.54) is 58.5 Å². The van der Waals surface area contributed by atoms with Crippen molar-refractivity contribution in [1.29, 1.82) is 0 Å². The lowest BCUT2D eigenvalue weighted by atomic mass is 10.0. The third-order valence-electron chi connectivity index (χ3n) is 9.44. The van der Waals surface area contributed by atoms with E-state index in [4.69, 9.17) is 9.47 Å². The number of ether oxygens (including phenoxy) is 2. The Balaban J connectivity index is 0.933. The van der Waals surface area contributed by atoms with E-state index in [1.54, 1.807) is 60.7 Å². The molecule has 2 aliphatic rings. The molecule has 2 heterocycles. The smallest absolute Gasteiger partial charge is 0.294 e. The maximum Gasteiger partial charge on any atom is 0.294 e. The number of carbonyl (C=O) groups excluding carboxylic acids is 2. The van der Waals surface area contributed by atoms with Crippen LogP contribution in [0.1, 0.15) is 22.3 Å². The van der Waals surface area contributed by atoms with Crippen LogP contribution < -0.4 is 19.5 Å². The first-order chi connectivity index (χ1) is 29.3.